The van der Waals surface area contributed by atoms with Crippen LogP contribution in [0.1, 0.15) is 31.2 Å². The van der Waals surface area contributed by atoms with Gasteiger partial charge in [-0.05, 0) is 25.0 Å². The van der Waals surface area contributed by atoms with Crippen LogP contribution >= 0.6 is 0 Å². The summed E-state index contributed by atoms with van der Waals surface area (Å²) in [5, 5.41) is 10.9. The molecule has 0 aliphatic heterocycles. The summed E-state index contributed by atoms with van der Waals surface area (Å²) < 4.78 is 1.40. The summed E-state index contributed by atoms with van der Waals surface area (Å²) in [4.78, 5) is 11.7. The van der Waals surface area contributed by atoms with Crippen LogP contribution in [0.2, 0.25) is 0 Å². The van der Waals surface area contributed by atoms with E-state index in [1.165, 1.54) is 4.68 Å². The van der Waals surface area contributed by atoms with Crippen molar-refractivity contribution in [3.63, 3.8) is 0 Å². The van der Waals surface area contributed by atoms with Gasteiger partial charge >= 0.3 is 0 Å². The van der Waals surface area contributed by atoms with Crippen molar-refractivity contribution >= 4 is 0 Å². The van der Waals surface area contributed by atoms with Crippen LogP contribution in [-0.2, 0) is 0 Å². The SMILES string of the molecule is Cc1ccc(-n2[nH]c(C(C)C)cc2=O)nn1. The van der Waals surface area contributed by atoms with Crippen LogP contribution < -0.4 is 5.56 Å². The van der Waals surface area contributed by atoms with Gasteiger partial charge in [0.05, 0.1) is 5.69 Å². The zero-order chi connectivity index (χ0) is 11.7. The van der Waals surface area contributed by atoms with E-state index in [0.29, 0.717) is 5.82 Å². The zero-order valence-electron chi connectivity index (χ0n) is 9.56. The number of H-pyrrole nitrogens is 1. The molecule has 5 nitrogen and oxygen atoms in total. The number of aryl methyl sites for hydroxylation is 1. The summed E-state index contributed by atoms with van der Waals surface area (Å²) in [6, 6.07) is 5.18. The Labute approximate surface area is 93.1 Å². The third-order valence-electron chi connectivity index (χ3n) is 2.38. The molecule has 0 aliphatic carbocycles. The van der Waals surface area contributed by atoms with E-state index in [2.05, 4.69) is 15.3 Å². The highest BCUT2D eigenvalue weighted by molar-refractivity contribution is 5.21. The molecule has 0 atom stereocenters. The Morgan fingerprint density at radius 2 is 2.06 bits per heavy atom. The third-order valence-corrected chi connectivity index (χ3v) is 2.38. The Morgan fingerprint density at radius 3 is 2.56 bits per heavy atom. The monoisotopic (exact) mass is 218 g/mol. The van der Waals surface area contributed by atoms with Crippen LogP contribution in [-0.4, -0.2) is 20.0 Å². The summed E-state index contributed by atoms with van der Waals surface area (Å²) in [6.45, 7) is 5.90. The minimum atomic E-state index is -0.109. The molecule has 0 aliphatic rings. The van der Waals surface area contributed by atoms with Gasteiger partial charge in [-0.2, -0.15) is 9.78 Å². The Hall–Kier alpha value is -1.91. The molecular weight excluding hydrogens is 204 g/mol. The lowest BCUT2D eigenvalue weighted by Crippen LogP contribution is -2.15. The van der Waals surface area contributed by atoms with Crippen molar-refractivity contribution in [3.8, 4) is 5.82 Å². The summed E-state index contributed by atoms with van der Waals surface area (Å²) in [6.07, 6.45) is 0. The fraction of sp³-hybridized carbons (Fsp3) is 0.364. The Kier molecular flexibility index (Phi) is 2.60. The molecule has 1 N–H and O–H groups in total. The second-order valence-electron chi connectivity index (χ2n) is 4.07. The molecule has 0 saturated carbocycles. The molecule has 2 aromatic heterocycles. The van der Waals surface area contributed by atoms with Gasteiger partial charge in [0, 0.05) is 11.8 Å². The second kappa shape index (κ2) is 3.92. The van der Waals surface area contributed by atoms with Crippen LogP contribution in [0, 0.1) is 6.92 Å². The van der Waals surface area contributed by atoms with Crippen LogP contribution in [0.5, 0.6) is 0 Å². The average molecular weight is 218 g/mol. The molecule has 2 heterocycles. The van der Waals surface area contributed by atoms with Crippen molar-refractivity contribution in [2.75, 3.05) is 0 Å². The average Bonchev–Trinajstić information content (AvgIpc) is 2.62. The Bertz CT molecular complexity index is 536. The third kappa shape index (κ3) is 1.88. The highest BCUT2D eigenvalue weighted by atomic mass is 16.1. The maximum absolute atomic E-state index is 11.7. The molecular formula is C11H14N4O. The highest BCUT2D eigenvalue weighted by Gasteiger charge is 2.08. The number of aromatic amines is 1. The van der Waals surface area contributed by atoms with Gasteiger partial charge < -0.3 is 0 Å². The fourth-order valence-corrected chi connectivity index (χ4v) is 1.39. The van der Waals surface area contributed by atoms with E-state index in [1.807, 2.05) is 26.8 Å². The van der Waals surface area contributed by atoms with Gasteiger partial charge in [-0.1, -0.05) is 13.8 Å². The van der Waals surface area contributed by atoms with Crippen molar-refractivity contribution in [1.82, 2.24) is 20.0 Å². The summed E-state index contributed by atoms with van der Waals surface area (Å²) in [7, 11) is 0. The largest absolute Gasteiger partial charge is 0.293 e. The first-order chi connectivity index (χ1) is 7.58. The van der Waals surface area contributed by atoms with Crippen molar-refractivity contribution in [2.45, 2.75) is 26.7 Å². The van der Waals surface area contributed by atoms with Crippen LogP contribution in [0.25, 0.3) is 5.82 Å². The van der Waals surface area contributed by atoms with Gasteiger partial charge in [-0.3, -0.25) is 9.89 Å². The number of hydrogen-bond acceptors (Lipinski definition) is 3. The van der Waals surface area contributed by atoms with Gasteiger partial charge in [0.2, 0.25) is 0 Å². The van der Waals surface area contributed by atoms with Crippen LogP contribution in [0.15, 0.2) is 23.0 Å². The molecule has 0 radical (unpaired) electrons. The molecule has 0 aromatic carbocycles. The summed E-state index contributed by atoms with van der Waals surface area (Å²) in [5.41, 5.74) is 1.61. The molecule has 0 unspecified atom stereocenters. The van der Waals surface area contributed by atoms with Crippen LogP contribution in [0.3, 0.4) is 0 Å². The molecule has 84 valence electrons. The number of nitrogens with one attached hydrogen (secondary N) is 1. The molecule has 2 rings (SSSR count). The molecule has 0 bridgehead atoms. The maximum Gasteiger partial charge on any atom is 0.272 e. The highest BCUT2D eigenvalue weighted by Crippen LogP contribution is 2.09. The maximum atomic E-state index is 11.7. The first kappa shape index (κ1) is 10.6. The topological polar surface area (TPSA) is 63.6 Å². The number of aromatic nitrogens is 4. The molecule has 0 saturated heterocycles. The van der Waals surface area contributed by atoms with Crippen LogP contribution in [0.4, 0.5) is 0 Å². The zero-order valence-corrected chi connectivity index (χ0v) is 9.56. The molecule has 16 heavy (non-hydrogen) atoms. The lowest BCUT2D eigenvalue weighted by molar-refractivity contribution is 0.734. The lowest BCUT2D eigenvalue weighted by atomic mass is 10.1. The number of nitrogens with zero attached hydrogens (tertiary/aromatic N) is 3. The second-order valence-corrected chi connectivity index (χ2v) is 4.07. The molecule has 0 spiro atoms. The lowest BCUT2D eigenvalue weighted by Gasteiger charge is -2.02. The van der Waals surface area contributed by atoms with E-state index in [4.69, 9.17) is 0 Å². The molecule has 5 heteroatoms. The normalized spacial score (nSPS) is 11.0. The van der Waals surface area contributed by atoms with Gasteiger partial charge in [0.25, 0.3) is 5.56 Å². The van der Waals surface area contributed by atoms with Crippen molar-refractivity contribution in [1.29, 1.82) is 0 Å². The fourth-order valence-electron chi connectivity index (χ4n) is 1.39. The Morgan fingerprint density at radius 1 is 1.31 bits per heavy atom. The molecule has 0 amide bonds. The smallest absolute Gasteiger partial charge is 0.272 e. The summed E-state index contributed by atoms with van der Waals surface area (Å²) in [5.74, 6) is 0.801. The van der Waals surface area contributed by atoms with Gasteiger partial charge in [-0.15, -0.1) is 5.10 Å². The minimum absolute atomic E-state index is 0.109. The van der Waals surface area contributed by atoms with E-state index >= 15 is 0 Å². The molecule has 2 aromatic rings. The van der Waals surface area contributed by atoms with Crippen molar-refractivity contribution in [2.24, 2.45) is 0 Å². The van der Waals surface area contributed by atoms with Gasteiger partial charge in [0.1, 0.15) is 0 Å². The minimum Gasteiger partial charge on any atom is -0.293 e. The predicted octanol–water partition coefficient (Wildman–Crippen LogP) is 1.39. The Balaban J connectivity index is 2.48. The quantitative estimate of drug-likeness (QED) is 0.828. The summed E-state index contributed by atoms with van der Waals surface area (Å²) >= 11 is 0. The number of hydrogen-bond donors (Lipinski definition) is 1. The van der Waals surface area contributed by atoms with Gasteiger partial charge in [0.15, 0.2) is 5.82 Å². The first-order valence-corrected chi connectivity index (χ1v) is 5.20. The van der Waals surface area contributed by atoms with Crippen molar-refractivity contribution < 1.29 is 0 Å². The van der Waals surface area contributed by atoms with E-state index in [-0.39, 0.29) is 11.5 Å². The van der Waals surface area contributed by atoms with E-state index in [9.17, 15) is 4.79 Å². The van der Waals surface area contributed by atoms with E-state index < -0.39 is 0 Å². The molecule has 0 fully saturated rings. The van der Waals surface area contributed by atoms with E-state index in [0.717, 1.165) is 11.4 Å². The first-order valence-electron chi connectivity index (χ1n) is 5.20. The number of rotatable bonds is 2. The van der Waals surface area contributed by atoms with E-state index in [1.54, 1.807) is 12.1 Å². The van der Waals surface area contributed by atoms with Gasteiger partial charge in [-0.25, -0.2) is 0 Å². The van der Waals surface area contributed by atoms with Crippen molar-refractivity contribution in [3.05, 3.63) is 39.9 Å². The standard InChI is InChI=1S/C11H14N4O/c1-7(2)9-6-11(16)15(14-9)10-5-4-8(3)12-13-10/h4-7,14H,1-3H3. The predicted molar refractivity (Wildman–Crippen MR) is 60.8 cm³/mol.